The highest BCUT2D eigenvalue weighted by atomic mass is 15.2. The zero-order valence-corrected chi connectivity index (χ0v) is 7.57. The molecule has 0 amide bonds. The zero-order chi connectivity index (χ0) is 9.42. The summed E-state index contributed by atoms with van der Waals surface area (Å²) in [5.41, 5.74) is 7.20. The molecular weight excluding hydrogens is 166 g/mol. The van der Waals surface area contributed by atoms with Gasteiger partial charge in [0.25, 0.3) is 0 Å². The summed E-state index contributed by atoms with van der Waals surface area (Å²) in [6.07, 6.45) is 1.73. The van der Waals surface area contributed by atoms with Gasteiger partial charge < -0.3 is 5.73 Å². The third kappa shape index (κ3) is 1.22. The molecule has 0 fully saturated rings. The lowest BCUT2D eigenvalue weighted by Gasteiger charge is -2.05. The molecule has 0 aromatic carbocycles. The Morgan fingerprint density at radius 3 is 2.85 bits per heavy atom. The first-order valence-electron chi connectivity index (χ1n) is 4.15. The van der Waals surface area contributed by atoms with Crippen LogP contribution in [0.25, 0.3) is 11.0 Å². The largest absolute Gasteiger partial charge is 0.368 e. The van der Waals surface area contributed by atoms with Gasteiger partial charge in [0.05, 0.1) is 17.3 Å². The molecule has 0 aliphatic carbocycles. The summed E-state index contributed by atoms with van der Waals surface area (Å²) in [6, 6.07) is 0. The molecule has 68 valence electrons. The summed E-state index contributed by atoms with van der Waals surface area (Å²) in [5.74, 6) is 0.617. The summed E-state index contributed by atoms with van der Waals surface area (Å²) in [4.78, 5) is 8.21. The minimum atomic E-state index is 0.292. The molecule has 0 saturated carbocycles. The van der Waals surface area contributed by atoms with E-state index >= 15 is 0 Å². The molecule has 0 atom stereocenters. The molecule has 5 heteroatoms. The molecule has 0 radical (unpaired) electrons. The van der Waals surface area contributed by atoms with Gasteiger partial charge in [0, 0.05) is 0 Å². The number of hydrogen-bond acceptors (Lipinski definition) is 4. The van der Waals surface area contributed by atoms with Gasteiger partial charge in [-0.1, -0.05) is 13.8 Å². The number of rotatable bonds is 1. The number of fused-ring (bicyclic) bond motifs is 1. The van der Waals surface area contributed by atoms with E-state index in [9.17, 15) is 0 Å². The van der Waals surface area contributed by atoms with Crippen LogP contribution < -0.4 is 5.73 Å². The van der Waals surface area contributed by atoms with E-state index in [0.717, 1.165) is 11.1 Å². The van der Waals surface area contributed by atoms with Gasteiger partial charge in [-0.25, -0.2) is 4.98 Å². The highest BCUT2D eigenvalue weighted by molar-refractivity contribution is 5.77. The lowest BCUT2D eigenvalue weighted by molar-refractivity contribution is 0.832. The van der Waals surface area contributed by atoms with Crippen molar-refractivity contribution in [3.8, 4) is 0 Å². The Hall–Kier alpha value is -1.65. The van der Waals surface area contributed by atoms with E-state index in [1.165, 1.54) is 0 Å². The minimum Gasteiger partial charge on any atom is -0.368 e. The van der Waals surface area contributed by atoms with Crippen molar-refractivity contribution in [2.75, 3.05) is 5.73 Å². The third-order valence-electron chi connectivity index (χ3n) is 1.90. The van der Waals surface area contributed by atoms with Crippen LogP contribution in [0.4, 0.5) is 5.95 Å². The average molecular weight is 177 g/mol. The van der Waals surface area contributed by atoms with Crippen molar-refractivity contribution in [1.82, 2.24) is 20.2 Å². The second kappa shape index (κ2) is 2.69. The van der Waals surface area contributed by atoms with Crippen LogP contribution in [0.2, 0.25) is 0 Å². The SMILES string of the molecule is CC(C)c1nc(N)nc2[nH]ncc12. The summed E-state index contributed by atoms with van der Waals surface area (Å²) in [7, 11) is 0. The number of aromatic amines is 1. The van der Waals surface area contributed by atoms with Crippen LogP contribution in [0.5, 0.6) is 0 Å². The van der Waals surface area contributed by atoms with E-state index in [1.807, 2.05) is 0 Å². The maximum Gasteiger partial charge on any atom is 0.222 e. The molecule has 2 aromatic rings. The maximum atomic E-state index is 5.55. The second-order valence-electron chi connectivity index (χ2n) is 3.25. The molecule has 0 bridgehead atoms. The molecule has 13 heavy (non-hydrogen) atoms. The van der Waals surface area contributed by atoms with Crippen molar-refractivity contribution in [3.63, 3.8) is 0 Å². The Morgan fingerprint density at radius 1 is 1.38 bits per heavy atom. The Kier molecular flexibility index (Phi) is 1.65. The van der Waals surface area contributed by atoms with E-state index in [2.05, 4.69) is 34.0 Å². The van der Waals surface area contributed by atoms with Gasteiger partial charge in [-0.3, -0.25) is 5.10 Å². The fraction of sp³-hybridized carbons (Fsp3) is 0.375. The molecule has 0 aliphatic heterocycles. The Morgan fingerprint density at radius 2 is 2.15 bits per heavy atom. The molecular formula is C8H11N5. The standard InChI is InChI=1S/C8H11N5/c1-4(2)6-5-3-10-13-7(5)12-8(9)11-6/h3-4H,1-2H3,(H3,9,10,11,12,13). The van der Waals surface area contributed by atoms with Gasteiger partial charge in [0.2, 0.25) is 5.95 Å². The zero-order valence-electron chi connectivity index (χ0n) is 7.57. The topological polar surface area (TPSA) is 80.5 Å². The van der Waals surface area contributed by atoms with E-state index < -0.39 is 0 Å². The predicted molar refractivity (Wildman–Crippen MR) is 50.2 cm³/mol. The number of hydrogen-bond donors (Lipinski definition) is 2. The van der Waals surface area contributed by atoms with Crippen molar-refractivity contribution in [2.45, 2.75) is 19.8 Å². The number of aromatic nitrogens is 4. The van der Waals surface area contributed by atoms with Gasteiger partial charge in [0.1, 0.15) is 0 Å². The fourth-order valence-corrected chi connectivity index (χ4v) is 1.32. The minimum absolute atomic E-state index is 0.292. The van der Waals surface area contributed by atoms with Crippen molar-refractivity contribution < 1.29 is 0 Å². The smallest absolute Gasteiger partial charge is 0.222 e. The first-order chi connectivity index (χ1) is 6.18. The van der Waals surface area contributed by atoms with Crippen LogP contribution in [0.15, 0.2) is 6.20 Å². The van der Waals surface area contributed by atoms with Crippen LogP contribution in [-0.2, 0) is 0 Å². The van der Waals surface area contributed by atoms with Crippen LogP contribution in [0.3, 0.4) is 0 Å². The highest BCUT2D eigenvalue weighted by Gasteiger charge is 2.10. The van der Waals surface area contributed by atoms with Gasteiger partial charge in [-0.05, 0) is 5.92 Å². The van der Waals surface area contributed by atoms with Crippen LogP contribution in [0, 0.1) is 0 Å². The van der Waals surface area contributed by atoms with E-state index in [0.29, 0.717) is 17.5 Å². The molecule has 2 heterocycles. The first-order valence-corrected chi connectivity index (χ1v) is 4.15. The second-order valence-corrected chi connectivity index (χ2v) is 3.25. The van der Waals surface area contributed by atoms with Gasteiger partial charge in [-0.15, -0.1) is 0 Å². The molecule has 2 aromatic heterocycles. The molecule has 5 nitrogen and oxygen atoms in total. The number of anilines is 1. The van der Waals surface area contributed by atoms with Crippen LogP contribution >= 0.6 is 0 Å². The first kappa shape index (κ1) is 7.97. The number of H-pyrrole nitrogens is 1. The average Bonchev–Trinajstić information content (AvgIpc) is 2.49. The van der Waals surface area contributed by atoms with E-state index in [4.69, 9.17) is 5.73 Å². The van der Waals surface area contributed by atoms with Gasteiger partial charge in [0.15, 0.2) is 5.65 Å². The molecule has 0 unspecified atom stereocenters. The normalized spacial score (nSPS) is 11.3. The van der Waals surface area contributed by atoms with E-state index in [-0.39, 0.29) is 0 Å². The lowest BCUT2D eigenvalue weighted by Crippen LogP contribution is -2.01. The number of nitrogens with one attached hydrogen (secondary N) is 1. The van der Waals surface area contributed by atoms with Gasteiger partial charge in [-0.2, -0.15) is 10.1 Å². The Labute approximate surface area is 75.4 Å². The summed E-state index contributed by atoms with van der Waals surface area (Å²) in [5, 5.41) is 7.63. The van der Waals surface area contributed by atoms with Crippen molar-refractivity contribution in [2.24, 2.45) is 0 Å². The van der Waals surface area contributed by atoms with Crippen LogP contribution in [0.1, 0.15) is 25.5 Å². The van der Waals surface area contributed by atoms with Crippen molar-refractivity contribution >= 4 is 17.0 Å². The maximum absolute atomic E-state index is 5.55. The molecule has 3 N–H and O–H groups in total. The Bertz CT molecular complexity index is 431. The van der Waals surface area contributed by atoms with E-state index in [1.54, 1.807) is 6.20 Å². The van der Waals surface area contributed by atoms with Crippen molar-refractivity contribution in [1.29, 1.82) is 0 Å². The molecule has 0 saturated heterocycles. The molecule has 0 aliphatic rings. The van der Waals surface area contributed by atoms with Crippen molar-refractivity contribution in [3.05, 3.63) is 11.9 Å². The number of nitrogens with two attached hydrogens (primary N) is 1. The number of nitrogen functional groups attached to an aromatic ring is 1. The molecule has 0 spiro atoms. The van der Waals surface area contributed by atoms with Crippen LogP contribution in [-0.4, -0.2) is 20.2 Å². The lowest BCUT2D eigenvalue weighted by atomic mass is 10.1. The summed E-state index contributed by atoms with van der Waals surface area (Å²) in [6.45, 7) is 4.13. The number of nitrogens with zero attached hydrogens (tertiary/aromatic N) is 3. The fourth-order valence-electron chi connectivity index (χ4n) is 1.32. The Balaban J connectivity index is 2.77. The summed E-state index contributed by atoms with van der Waals surface area (Å²) >= 11 is 0. The highest BCUT2D eigenvalue weighted by Crippen LogP contribution is 2.21. The van der Waals surface area contributed by atoms with Gasteiger partial charge >= 0.3 is 0 Å². The molecule has 2 rings (SSSR count). The summed E-state index contributed by atoms with van der Waals surface area (Å²) < 4.78 is 0. The predicted octanol–water partition coefficient (Wildman–Crippen LogP) is 1.06. The monoisotopic (exact) mass is 177 g/mol. The quantitative estimate of drug-likeness (QED) is 0.682. The third-order valence-corrected chi connectivity index (χ3v) is 1.90.